The van der Waals surface area contributed by atoms with Crippen LogP contribution < -0.4 is 118 Å². The fourth-order valence-corrected chi connectivity index (χ4v) is 17.2. The molecule has 740 valence electrons. The molecule has 0 bridgehead atoms. The van der Waals surface area contributed by atoms with Crippen LogP contribution in [0.3, 0.4) is 0 Å². The molecule has 0 fully saturated rings. The quantitative estimate of drug-likeness (QED) is 0.00423. The summed E-state index contributed by atoms with van der Waals surface area (Å²) in [6.07, 6.45) is 4.40. The summed E-state index contributed by atoms with van der Waals surface area (Å²) in [6, 6.07) is 38.7. The number of aromatic hydroxyl groups is 4. The number of phenolic OH excluding ortho intramolecular Hbond substituents is 4. The van der Waals surface area contributed by atoms with Crippen LogP contribution in [0.2, 0.25) is 0 Å². The van der Waals surface area contributed by atoms with E-state index in [4.69, 9.17) is 27.3 Å². The Balaban J connectivity index is 0.000000375. The second-order valence-electron chi connectivity index (χ2n) is 35.2. The van der Waals surface area contributed by atoms with Crippen molar-refractivity contribution in [3.05, 3.63) is 180 Å². The summed E-state index contributed by atoms with van der Waals surface area (Å²) < 4.78 is 158. The largest absolute Gasteiger partial charge is 1.00 e. The maximum absolute atomic E-state index is 13.1. The molecule has 0 saturated heterocycles. The zero-order valence-corrected chi connectivity index (χ0v) is 88.8. The smallest absolute Gasteiger partial charge is 0.744 e. The van der Waals surface area contributed by atoms with Gasteiger partial charge in [-0.3, -0.25) is 28.8 Å². The van der Waals surface area contributed by atoms with Crippen LogP contribution in [-0.4, -0.2) is 137 Å². The Morgan fingerprint density at radius 1 is 0.350 bits per heavy atom. The molecule has 10 N–H and O–H groups in total. The van der Waals surface area contributed by atoms with Gasteiger partial charge in [0, 0.05) is 86.7 Å². The van der Waals surface area contributed by atoms with Gasteiger partial charge in [0.15, 0.2) is 23.0 Å². The second kappa shape index (κ2) is 49.7. The minimum absolute atomic E-state index is 0. The molecule has 0 unspecified atom stereocenters. The van der Waals surface area contributed by atoms with Crippen molar-refractivity contribution in [1.29, 1.82) is 0 Å². The molecular weight excluding hydrogens is 1910 g/mol. The molecule has 10 rings (SSSR count). The van der Waals surface area contributed by atoms with Crippen molar-refractivity contribution in [2.24, 2.45) is 20.5 Å². The van der Waals surface area contributed by atoms with E-state index in [-0.39, 0.29) is 211 Å². The minimum Gasteiger partial charge on any atom is -0.744 e. The zero-order chi connectivity index (χ0) is 102. The van der Waals surface area contributed by atoms with Gasteiger partial charge in [0.25, 0.3) is 0 Å². The van der Waals surface area contributed by atoms with E-state index < -0.39 is 120 Å². The molecule has 0 atom stereocenters. The Bertz CT molecular complexity index is 6360. The van der Waals surface area contributed by atoms with Crippen LogP contribution >= 0.6 is 0 Å². The molecule has 0 spiro atoms. The first kappa shape index (κ1) is 115. The van der Waals surface area contributed by atoms with E-state index >= 15 is 0 Å². The van der Waals surface area contributed by atoms with Gasteiger partial charge in [0.05, 0.1) is 104 Å². The third-order valence-electron chi connectivity index (χ3n) is 23.1. The van der Waals surface area contributed by atoms with E-state index in [1.165, 1.54) is 124 Å². The first-order valence-electron chi connectivity index (χ1n) is 44.3. The Morgan fingerprint density at radius 2 is 0.671 bits per heavy atom. The molecule has 10 aromatic carbocycles. The number of fused-ring (bicyclic) bond motifs is 2. The molecule has 0 saturated carbocycles. The van der Waals surface area contributed by atoms with E-state index in [9.17, 15) is 92.0 Å². The number of azo groups is 2. The molecule has 0 aliphatic heterocycles. The number of carbonyl (C=O) groups is 6. The van der Waals surface area contributed by atoms with Crippen LogP contribution in [-0.2, 0) is 90.9 Å². The Kier molecular flexibility index (Phi) is 41.0. The molecule has 0 aromatic heterocycles. The molecule has 0 heterocycles. The molecule has 6 amide bonds. The average molecular weight is 2020 g/mol. The number of ether oxygens (including phenoxy) is 4. The number of benzene rings is 10. The van der Waals surface area contributed by atoms with Gasteiger partial charge in [-0.2, -0.15) is 27.1 Å². The minimum atomic E-state index is -4.93. The number of nitrogens with one attached hydrogen (secondary N) is 6. The average Bonchev–Trinajstić information content (AvgIpc) is 0.760. The number of rotatable bonds is 44. The molecule has 36 nitrogen and oxygen atoms in total. The number of amides is 6. The Labute approximate surface area is 859 Å². The van der Waals surface area contributed by atoms with E-state index in [2.05, 4.69) is 160 Å². The molecule has 0 radical (unpaired) electrons. The summed E-state index contributed by atoms with van der Waals surface area (Å²) in [7, 11) is -18.5. The summed E-state index contributed by atoms with van der Waals surface area (Å²) in [5.74, 6) is -4.52. The third kappa shape index (κ3) is 32.2. The van der Waals surface area contributed by atoms with Gasteiger partial charge < -0.3 is 88.7 Å². The van der Waals surface area contributed by atoms with E-state index in [0.717, 1.165) is 84.7 Å². The van der Waals surface area contributed by atoms with Crippen LogP contribution in [0.15, 0.2) is 188 Å². The van der Waals surface area contributed by atoms with Crippen molar-refractivity contribution in [3.63, 3.8) is 0 Å². The predicted molar refractivity (Wildman–Crippen MR) is 524 cm³/mol. The van der Waals surface area contributed by atoms with Gasteiger partial charge in [0.2, 0.25) is 35.4 Å². The van der Waals surface area contributed by atoms with E-state index in [1.807, 2.05) is 12.1 Å². The zero-order valence-electron chi connectivity index (χ0n) is 81.5. The fraction of sp³-hybridized carbons (Fsp3) is 0.367. The Morgan fingerprint density at radius 3 is 0.986 bits per heavy atom. The SMILES string of the molecule is CCC(C)(C)c1ccc(OCCCC(=O)Nc2cc(OS(=O)(=O)CCCOc3ccc(N=Nc4ccc5c(S(=O)(=O)[O-])ccc(NC(C)=O)c5c4O)cc3)c(NC(C)=O)cc2O)c(C(C)(C)CC)c1.CCC(C)(C)c1ccc(OCCCC(=O)Nc2cc(OS(=O)(=O)CCCOc3ccc(N=Nc4ccc5c(S(=O)(=O)[O-])ccc(NC(C)=O)c5c4O)cc3)c(NC(C)=O)cc2O)c(C(C)(C)CC)c1.[Na+].[Na+]. The number of anilines is 6. The van der Waals surface area contributed by atoms with Crippen LogP contribution in [0.25, 0.3) is 21.5 Å². The standard InChI is InChI=1S/2C49H59N5O13S2.2Na/c2*1-9-48(5,6)32-14-22-42(36(27-32)49(7,8)10-2)66-24-11-13-45(58)52-39-29-43(40(28-41(39)57)51-31(4)56)67-68(60,61)26-12-25-65-34-17-15-33(16-18-34)53-54-38-20-19-35-44(69(62,63)64)23-21-37(50-30(3)55)46(35)47(38)59;;/h2*14-23,27-29,57,59H,9-13,24-26H2,1-8H3,(H,50,55)(H,51,56)(H,52,58)(H,62,63,64);;/q;;2*+1/p-2. The summed E-state index contributed by atoms with van der Waals surface area (Å²) in [4.78, 5) is 72.4. The van der Waals surface area contributed by atoms with Crippen molar-refractivity contribution in [2.45, 2.75) is 206 Å². The normalized spacial score (nSPS) is 12.0. The fourth-order valence-electron chi connectivity index (χ4n) is 13.9. The molecule has 0 aliphatic rings. The number of phenols is 4. The van der Waals surface area contributed by atoms with Crippen LogP contribution in [0.4, 0.5) is 56.9 Å². The van der Waals surface area contributed by atoms with Crippen molar-refractivity contribution in [2.75, 3.05) is 69.8 Å². The summed E-state index contributed by atoms with van der Waals surface area (Å²) in [5, 5.41) is 74.3. The second-order valence-corrected chi connectivity index (χ2v) is 41.2. The van der Waals surface area contributed by atoms with E-state index in [0.29, 0.717) is 35.7 Å². The predicted octanol–water partition coefficient (Wildman–Crippen LogP) is 13.7. The maximum atomic E-state index is 13.1. The summed E-state index contributed by atoms with van der Waals surface area (Å²) >= 11 is 0. The topological polar surface area (TPSA) is 543 Å². The molecule has 10 aromatic rings. The van der Waals surface area contributed by atoms with Crippen molar-refractivity contribution in [3.8, 4) is 57.5 Å². The first-order valence-corrected chi connectivity index (χ1v) is 50.3. The molecule has 42 heteroatoms. The number of nitrogens with zero attached hydrogens (tertiary/aromatic N) is 4. The van der Waals surface area contributed by atoms with Crippen LogP contribution in [0.1, 0.15) is 197 Å². The van der Waals surface area contributed by atoms with Crippen molar-refractivity contribution >= 4 is 154 Å². The Hall–Kier alpha value is -11.5. The van der Waals surface area contributed by atoms with Crippen LogP contribution in [0.5, 0.6) is 57.5 Å². The van der Waals surface area contributed by atoms with Gasteiger partial charge in [-0.15, -0.1) is 10.2 Å². The summed E-state index contributed by atoms with van der Waals surface area (Å²) in [5.41, 5.74) is 4.32. The van der Waals surface area contributed by atoms with Gasteiger partial charge in [-0.1, -0.05) is 119 Å². The van der Waals surface area contributed by atoms with Gasteiger partial charge in [0.1, 0.15) is 66.1 Å². The van der Waals surface area contributed by atoms with Crippen LogP contribution in [0, 0.1) is 0 Å². The van der Waals surface area contributed by atoms with Crippen molar-refractivity contribution < 1.29 is 178 Å². The van der Waals surface area contributed by atoms with Crippen molar-refractivity contribution in [1.82, 2.24) is 0 Å². The molecule has 0 aliphatic carbocycles. The maximum Gasteiger partial charge on any atom is 1.00 e. The number of hydrogen-bond acceptors (Lipinski definition) is 30. The van der Waals surface area contributed by atoms with Gasteiger partial charge >= 0.3 is 79.4 Å². The molecular formula is C98H116N10Na2O26S4. The monoisotopic (exact) mass is 2020 g/mol. The van der Waals surface area contributed by atoms with E-state index in [1.54, 1.807) is 0 Å². The third-order valence-corrected chi connectivity index (χ3v) is 27.3. The summed E-state index contributed by atoms with van der Waals surface area (Å²) in [6.45, 7) is 31.3. The number of carbonyl (C=O) groups excluding carboxylic acids is 6. The van der Waals surface area contributed by atoms with Gasteiger partial charge in [-0.05, 0) is 181 Å². The number of hydrogen-bond donors (Lipinski definition) is 10. The first-order chi connectivity index (χ1) is 64.7. The van der Waals surface area contributed by atoms with Gasteiger partial charge in [-0.25, -0.2) is 16.8 Å². The molecule has 140 heavy (non-hydrogen) atoms.